The summed E-state index contributed by atoms with van der Waals surface area (Å²) in [5.74, 6) is 1.28. The first-order chi connectivity index (χ1) is 12.7. The van der Waals surface area contributed by atoms with E-state index in [1.54, 1.807) is 0 Å². The summed E-state index contributed by atoms with van der Waals surface area (Å²) in [5.41, 5.74) is 2.46. The summed E-state index contributed by atoms with van der Waals surface area (Å²) in [5, 5.41) is 3.22. The average molecular weight is 371 g/mol. The zero-order valence-electron chi connectivity index (χ0n) is 15.9. The number of likely N-dealkylation sites (N-methyl/N-ethyl adjacent to an activating group) is 1. The van der Waals surface area contributed by atoms with Crippen LogP contribution in [0.4, 0.5) is 0 Å². The van der Waals surface area contributed by atoms with Gasteiger partial charge in [-0.25, -0.2) is 0 Å². The third-order valence-electron chi connectivity index (χ3n) is 4.53. The highest BCUT2D eigenvalue weighted by Crippen LogP contribution is 2.09. The second kappa shape index (κ2) is 11.8. The monoisotopic (exact) mass is 370 g/mol. The van der Waals surface area contributed by atoms with E-state index < -0.39 is 0 Å². The van der Waals surface area contributed by atoms with Crippen LogP contribution in [0.25, 0.3) is 0 Å². The molecule has 0 aliphatic carbocycles. The molecule has 0 spiro atoms. The van der Waals surface area contributed by atoms with Crippen LogP contribution < -0.4 is 5.32 Å². The van der Waals surface area contributed by atoms with E-state index in [9.17, 15) is 4.79 Å². The summed E-state index contributed by atoms with van der Waals surface area (Å²) in [6.45, 7) is 1.59. The fraction of sp³-hybridized carbons (Fsp3) is 0.409. The third kappa shape index (κ3) is 6.85. The van der Waals surface area contributed by atoms with Crippen molar-refractivity contribution < 1.29 is 4.79 Å². The van der Waals surface area contributed by atoms with Crippen LogP contribution in [0, 0.1) is 0 Å². The van der Waals surface area contributed by atoms with E-state index in [0.29, 0.717) is 0 Å². The Bertz CT molecular complexity index is 633. The molecule has 0 bridgehead atoms. The Morgan fingerprint density at radius 2 is 1.62 bits per heavy atom. The van der Waals surface area contributed by atoms with Crippen LogP contribution in [-0.2, 0) is 17.6 Å². The Labute approximate surface area is 162 Å². The van der Waals surface area contributed by atoms with E-state index in [1.807, 2.05) is 48.0 Å². The van der Waals surface area contributed by atoms with Gasteiger partial charge in [-0.2, -0.15) is 11.8 Å². The molecule has 1 atom stereocenters. The number of hydrogen-bond acceptors (Lipinski definition) is 3. The van der Waals surface area contributed by atoms with Crippen LogP contribution in [0.1, 0.15) is 17.5 Å². The maximum Gasteiger partial charge on any atom is 0.240 e. The number of nitrogens with one attached hydrogen (secondary N) is 1. The molecule has 2 aromatic rings. The Balaban J connectivity index is 2.01. The predicted octanol–water partition coefficient (Wildman–Crippen LogP) is 3.64. The lowest BCUT2D eigenvalue weighted by atomic mass is 10.0. The third-order valence-corrected chi connectivity index (χ3v) is 5.23. The fourth-order valence-electron chi connectivity index (χ4n) is 3.02. The van der Waals surface area contributed by atoms with Gasteiger partial charge in [0.05, 0.1) is 6.04 Å². The van der Waals surface area contributed by atoms with Crippen molar-refractivity contribution in [3.05, 3.63) is 71.8 Å². The Hall–Kier alpha value is -1.78. The van der Waals surface area contributed by atoms with Crippen LogP contribution in [0.5, 0.6) is 0 Å². The number of thioether (sulfide) groups is 1. The van der Waals surface area contributed by atoms with Gasteiger partial charge in [0, 0.05) is 13.1 Å². The van der Waals surface area contributed by atoms with Gasteiger partial charge < -0.3 is 10.2 Å². The zero-order chi connectivity index (χ0) is 18.6. The topological polar surface area (TPSA) is 32.3 Å². The van der Waals surface area contributed by atoms with Crippen molar-refractivity contribution in [1.29, 1.82) is 0 Å². The lowest BCUT2D eigenvalue weighted by Crippen LogP contribution is -2.47. The summed E-state index contributed by atoms with van der Waals surface area (Å²) in [4.78, 5) is 15.2. The van der Waals surface area contributed by atoms with E-state index in [4.69, 9.17) is 0 Å². The van der Waals surface area contributed by atoms with Gasteiger partial charge in [-0.3, -0.25) is 4.79 Å². The SMILES string of the molecule is CN[C@@H](Cc1ccccc1)C(=O)N(CCCSC)CCc1ccccc1. The second-order valence-electron chi connectivity index (χ2n) is 6.44. The molecule has 0 radical (unpaired) electrons. The smallest absolute Gasteiger partial charge is 0.240 e. The molecule has 1 N–H and O–H groups in total. The van der Waals surface area contributed by atoms with Crippen LogP contribution in [-0.4, -0.2) is 49.0 Å². The highest BCUT2D eigenvalue weighted by atomic mass is 32.2. The van der Waals surface area contributed by atoms with Gasteiger partial charge in [-0.1, -0.05) is 60.7 Å². The highest BCUT2D eigenvalue weighted by molar-refractivity contribution is 7.98. The lowest BCUT2D eigenvalue weighted by molar-refractivity contribution is -0.133. The minimum atomic E-state index is -0.178. The van der Waals surface area contributed by atoms with Gasteiger partial charge in [0.15, 0.2) is 0 Å². The molecule has 0 aliphatic rings. The molecule has 2 rings (SSSR count). The van der Waals surface area contributed by atoms with Crippen molar-refractivity contribution in [2.24, 2.45) is 0 Å². The van der Waals surface area contributed by atoms with E-state index in [0.717, 1.165) is 38.1 Å². The van der Waals surface area contributed by atoms with Crippen molar-refractivity contribution in [3.8, 4) is 0 Å². The van der Waals surface area contributed by atoms with Crippen molar-refractivity contribution in [2.75, 3.05) is 32.1 Å². The number of hydrogen-bond donors (Lipinski definition) is 1. The Morgan fingerprint density at radius 1 is 1.00 bits per heavy atom. The molecule has 0 aliphatic heterocycles. The average Bonchev–Trinajstić information content (AvgIpc) is 2.70. The predicted molar refractivity (Wildman–Crippen MR) is 113 cm³/mol. The van der Waals surface area contributed by atoms with Gasteiger partial charge in [-0.15, -0.1) is 0 Å². The standard InChI is InChI=1S/C22H30N2OS/c1-23-21(18-20-12-7-4-8-13-20)22(25)24(15-9-17-26-2)16-14-19-10-5-3-6-11-19/h3-8,10-13,21,23H,9,14-18H2,1-2H3/t21-/m0/s1. The summed E-state index contributed by atoms with van der Waals surface area (Å²) >= 11 is 1.83. The normalized spacial score (nSPS) is 11.9. The van der Waals surface area contributed by atoms with Crippen molar-refractivity contribution >= 4 is 17.7 Å². The first-order valence-electron chi connectivity index (χ1n) is 9.27. The molecule has 0 unspecified atom stereocenters. The molecular weight excluding hydrogens is 340 g/mol. The van der Waals surface area contributed by atoms with Gasteiger partial charge in [-0.05, 0) is 49.4 Å². The molecule has 2 aromatic carbocycles. The van der Waals surface area contributed by atoms with E-state index in [2.05, 4.69) is 48.0 Å². The van der Waals surface area contributed by atoms with Gasteiger partial charge in [0.25, 0.3) is 0 Å². The highest BCUT2D eigenvalue weighted by Gasteiger charge is 2.23. The van der Waals surface area contributed by atoms with Crippen LogP contribution in [0.15, 0.2) is 60.7 Å². The Kier molecular flexibility index (Phi) is 9.29. The summed E-state index contributed by atoms with van der Waals surface area (Å²) in [7, 11) is 1.88. The van der Waals surface area contributed by atoms with Crippen LogP contribution >= 0.6 is 11.8 Å². The summed E-state index contributed by atoms with van der Waals surface area (Å²) in [6, 6.07) is 20.4. The number of rotatable bonds is 11. The van der Waals surface area contributed by atoms with Crippen molar-refractivity contribution in [3.63, 3.8) is 0 Å². The number of carbonyl (C=O) groups excluding carboxylic acids is 1. The maximum absolute atomic E-state index is 13.2. The zero-order valence-corrected chi connectivity index (χ0v) is 16.7. The Morgan fingerprint density at radius 3 is 2.19 bits per heavy atom. The largest absolute Gasteiger partial charge is 0.341 e. The molecule has 140 valence electrons. The van der Waals surface area contributed by atoms with Crippen LogP contribution in [0.3, 0.4) is 0 Å². The van der Waals surface area contributed by atoms with E-state index in [1.165, 1.54) is 11.1 Å². The molecule has 3 nitrogen and oxygen atoms in total. The van der Waals surface area contributed by atoms with Crippen molar-refractivity contribution in [2.45, 2.75) is 25.3 Å². The van der Waals surface area contributed by atoms with E-state index >= 15 is 0 Å². The molecule has 0 heterocycles. The molecule has 26 heavy (non-hydrogen) atoms. The van der Waals surface area contributed by atoms with Gasteiger partial charge in [0.1, 0.15) is 0 Å². The van der Waals surface area contributed by atoms with Gasteiger partial charge in [0.2, 0.25) is 5.91 Å². The number of amides is 1. The minimum Gasteiger partial charge on any atom is -0.341 e. The number of benzene rings is 2. The molecule has 1 amide bonds. The maximum atomic E-state index is 13.2. The fourth-order valence-corrected chi connectivity index (χ4v) is 3.44. The molecular formula is C22H30N2OS. The lowest BCUT2D eigenvalue weighted by Gasteiger charge is -2.27. The van der Waals surface area contributed by atoms with Crippen LogP contribution in [0.2, 0.25) is 0 Å². The molecule has 0 saturated heterocycles. The number of nitrogens with zero attached hydrogens (tertiary/aromatic N) is 1. The second-order valence-corrected chi connectivity index (χ2v) is 7.42. The molecule has 0 saturated carbocycles. The minimum absolute atomic E-state index is 0.178. The van der Waals surface area contributed by atoms with Crippen molar-refractivity contribution in [1.82, 2.24) is 10.2 Å². The quantitative estimate of drug-likeness (QED) is 0.613. The van der Waals surface area contributed by atoms with E-state index in [-0.39, 0.29) is 11.9 Å². The molecule has 4 heteroatoms. The van der Waals surface area contributed by atoms with Gasteiger partial charge >= 0.3 is 0 Å². The summed E-state index contributed by atoms with van der Waals surface area (Å²) in [6.07, 6.45) is 4.76. The first-order valence-corrected chi connectivity index (χ1v) is 10.7. The number of carbonyl (C=O) groups is 1. The summed E-state index contributed by atoms with van der Waals surface area (Å²) < 4.78 is 0. The molecule has 0 fully saturated rings. The first kappa shape index (κ1) is 20.5. The molecule has 0 aromatic heterocycles.